The van der Waals surface area contributed by atoms with Crippen LogP contribution >= 0.6 is 0 Å². The molecule has 4 atom stereocenters. The van der Waals surface area contributed by atoms with Crippen LogP contribution in [-0.4, -0.2) is 35.7 Å². The highest BCUT2D eigenvalue weighted by atomic mass is 16.5. The predicted molar refractivity (Wildman–Crippen MR) is 65.0 cm³/mol. The van der Waals surface area contributed by atoms with Crippen LogP contribution in [0.1, 0.15) is 39.0 Å². The molecule has 1 amide bonds. The highest BCUT2D eigenvalue weighted by Crippen LogP contribution is 2.29. The summed E-state index contributed by atoms with van der Waals surface area (Å²) in [5.74, 6) is 0.194. The van der Waals surface area contributed by atoms with E-state index in [1.165, 1.54) is 19.3 Å². The van der Waals surface area contributed by atoms with E-state index in [1.807, 2.05) is 0 Å². The first kappa shape index (κ1) is 13.3. The molecule has 102 valence electrons. The van der Waals surface area contributed by atoms with Gasteiger partial charge in [0.1, 0.15) is 6.10 Å². The predicted octanol–water partition coefficient (Wildman–Crippen LogP) is 1.17. The molecule has 0 radical (unpaired) electrons. The van der Waals surface area contributed by atoms with Gasteiger partial charge in [-0.3, -0.25) is 4.79 Å². The molecule has 2 fully saturated rings. The zero-order valence-electron chi connectivity index (χ0n) is 10.7. The van der Waals surface area contributed by atoms with Crippen LogP contribution < -0.4 is 5.32 Å². The Balaban J connectivity index is 1.71. The summed E-state index contributed by atoms with van der Waals surface area (Å²) in [6.07, 6.45) is 3.12. The third-order valence-electron chi connectivity index (χ3n) is 3.96. The monoisotopic (exact) mass is 255 g/mol. The molecule has 4 unspecified atom stereocenters. The molecule has 0 aromatic rings. The minimum Gasteiger partial charge on any atom is -0.479 e. The topological polar surface area (TPSA) is 75.6 Å². The number of hydrogen-bond donors (Lipinski definition) is 2. The second-order valence-electron chi connectivity index (χ2n) is 5.56. The Kier molecular flexibility index (Phi) is 4.22. The number of amides is 1. The van der Waals surface area contributed by atoms with Gasteiger partial charge >= 0.3 is 5.97 Å². The number of carboxylic acids is 1. The van der Waals surface area contributed by atoms with Crippen LogP contribution in [0.5, 0.6) is 0 Å². The van der Waals surface area contributed by atoms with Crippen LogP contribution in [0.3, 0.4) is 0 Å². The lowest BCUT2D eigenvalue weighted by atomic mass is 10.1. The summed E-state index contributed by atoms with van der Waals surface area (Å²) in [6.45, 7) is 2.93. The Morgan fingerprint density at radius 3 is 2.50 bits per heavy atom. The minimum absolute atomic E-state index is 0.154. The molecule has 1 aliphatic heterocycles. The SMILES string of the molecule is CC1CCC(CNC(=O)C2CCC(C(=O)O)O2)C1. The summed E-state index contributed by atoms with van der Waals surface area (Å²) < 4.78 is 5.21. The lowest BCUT2D eigenvalue weighted by molar-refractivity contribution is -0.151. The molecule has 5 heteroatoms. The maximum Gasteiger partial charge on any atom is 0.332 e. The fourth-order valence-electron chi connectivity index (χ4n) is 2.88. The normalized spacial score (nSPS) is 35.6. The molecule has 2 N–H and O–H groups in total. The van der Waals surface area contributed by atoms with Gasteiger partial charge in [0, 0.05) is 6.54 Å². The standard InChI is InChI=1S/C13H21NO4/c1-8-2-3-9(6-8)7-14-12(15)10-4-5-11(18-10)13(16)17/h8-11H,2-7H2,1H3,(H,14,15)(H,16,17). The lowest BCUT2D eigenvalue weighted by Gasteiger charge is -2.14. The fraction of sp³-hybridized carbons (Fsp3) is 0.846. The van der Waals surface area contributed by atoms with Gasteiger partial charge in [-0.25, -0.2) is 4.79 Å². The molecule has 0 aromatic carbocycles. The van der Waals surface area contributed by atoms with Crippen molar-refractivity contribution in [1.82, 2.24) is 5.32 Å². The van der Waals surface area contributed by atoms with Crippen LogP contribution in [-0.2, 0) is 14.3 Å². The number of ether oxygens (including phenoxy) is 1. The van der Waals surface area contributed by atoms with Gasteiger partial charge in [-0.1, -0.05) is 13.3 Å². The largest absolute Gasteiger partial charge is 0.479 e. The van der Waals surface area contributed by atoms with Gasteiger partial charge in [-0.2, -0.15) is 0 Å². The lowest BCUT2D eigenvalue weighted by Crippen LogP contribution is -2.37. The van der Waals surface area contributed by atoms with E-state index in [0.29, 0.717) is 25.3 Å². The van der Waals surface area contributed by atoms with Gasteiger partial charge in [0.15, 0.2) is 6.10 Å². The molecule has 1 heterocycles. The van der Waals surface area contributed by atoms with Crippen LogP contribution in [0.15, 0.2) is 0 Å². The van der Waals surface area contributed by atoms with E-state index >= 15 is 0 Å². The van der Waals surface area contributed by atoms with Crippen molar-refractivity contribution >= 4 is 11.9 Å². The van der Waals surface area contributed by atoms with Gasteiger partial charge in [0.25, 0.3) is 0 Å². The number of nitrogens with one attached hydrogen (secondary N) is 1. The third-order valence-corrected chi connectivity index (χ3v) is 3.96. The quantitative estimate of drug-likeness (QED) is 0.790. The number of carbonyl (C=O) groups is 2. The molecule has 2 rings (SSSR count). The number of carbonyl (C=O) groups excluding carboxylic acids is 1. The molecule has 0 bridgehead atoms. The van der Waals surface area contributed by atoms with E-state index in [-0.39, 0.29) is 5.91 Å². The molecule has 0 spiro atoms. The van der Waals surface area contributed by atoms with E-state index in [4.69, 9.17) is 9.84 Å². The molecule has 1 aliphatic carbocycles. The third kappa shape index (κ3) is 3.22. The number of aliphatic carboxylic acids is 1. The first-order valence-corrected chi connectivity index (χ1v) is 6.72. The van der Waals surface area contributed by atoms with Crippen molar-refractivity contribution < 1.29 is 19.4 Å². The Morgan fingerprint density at radius 2 is 1.94 bits per heavy atom. The van der Waals surface area contributed by atoms with Crippen molar-refractivity contribution in [1.29, 1.82) is 0 Å². The second-order valence-corrected chi connectivity index (χ2v) is 5.56. The minimum atomic E-state index is -0.977. The van der Waals surface area contributed by atoms with Crippen LogP contribution in [0.25, 0.3) is 0 Å². The van der Waals surface area contributed by atoms with Crippen molar-refractivity contribution in [2.45, 2.75) is 51.2 Å². The van der Waals surface area contributed by atoms with Crippen LogP contribution in [0, 0.1) is 11.8 Å². The van der Waals surface area contributed by atoms with E-state index in [9.17, 15) is 9.59 Å². The van der Waals surface area contributed by atoms with Crippen molar-refractivity contribution in [2.75, 3.05) is 6.54 Å². The molecule has 1 saturated heterocycles. The number of carboxylic acid groups (broad SMARTS) is 1. The summed E-state index contributed by atoms with van der Waals surface area (Å²) in [7, 11) is 0. The first-order chi connectivity index (χ1) is 8.56. The van der Waals surface area contributed by atoms with E-state index in [0.717, 1.165) is 5.92 Å². The molecular formula is C13H21NO4. The van der Waals surface area contributed by atoms with Crippen LogP contribution in [0.4, 0.5) is 0 Å². The summed E-state index contributed by atoms with van der Waals surface area (Å²) >= 11 is 0. The average Bonchev–Trinajstić information content (AvgIpc) is 2.94. The number of hydrogen-bond acceptors (Lipinski definition) is 3. The van der Waals surface area contributed by atoms with Gasteiger partial charge in [-0.15, -0.1) is 0 Å². The van der Waals surface area contributed by atoms with Crippen LogP contribution in [0.2, 0.25) is 0 Å². The average molecular weight is 255 g/mol. The zero-order valence-corrected chi connectivity index (χ0v) is 10.7. The van der Waals surface area contributed by atoms with E-state index in [1.54, 1.807) is 0 Å². The Bertz CT molecular complexity index is 331. The molecule has 5 nitrogen and oxygen atoms in total. The van der Waals surface area contributed by atoms with Gasteiger partial charge < -0.3 is 15.2 Å². The van der Waals surface area contributed by atoms with Gasteiger partial charge in [0.2, 0.25) is 5.91 Å². The zero-order chi connectivity index (χ0) is 13.1. The molecular weight excluding hydrogens is 234 g/mol. The maximum atomic E-state index is 11.8. The van der Waals surface area contributed by atoms with E-state index in [2.05, 4.69) is 12.2 Å². The smallest absolute Gasteiger partial charge is 0.332 e. The van der Waals surface area contributed by atoms with Crippen molar-refractivity contribution in [3.05, 3.63) is 0 Å². The summed E-state index contributed by atoms with van der Waals surface area (Å²) in [4.78, 5) is 22.5. The maximum absolute atomic E-state index is 11.8. The van der Waals surface area contributed by atoms with Gasteiger partial charge in [-0.05, 0) is 37.5 Å². The van der Waals surface area contributed by atoms with Gasteiger partial charge in [0.05, 0.1) is 0 Å². The number of rotatable bonds is 4. The summed E-state index contributed by atoms with van der Waals surface area (Å²) in [5, 5.41) is 11.7. The second kappa shape index (κ2) is 5.69. The van der Waals surface area contributed by atoms with E-state index < -0.39 is 18.2 Å². The summed E-state index contributed by atoms with van der Waals surface area (Å²) in [6, 6.07) is 0. The highest BCUT2D eigenvalue weighted by Gasteiger charge is 2.34. The first-order valence-electron chi connectivity index (χ1n) is 6.72. The highest BCUT2D eigenvalue weighted by molar-refractivity contribution is 5.82. The van der Waals surface area contributed by atoms with Crippen molar-refractivity contribution in [3.8, 4) is 0 Å². The molecule has 0 aromatic heterocycles. The molecule has 2 aliphatic rings. The fourth-order valence-corrected chi connectivity index (χ4v) is 2.88. The Labute approximate surface area is 107 Å². The molecule has 1 saturated carbocycles. The summed E-state index contributed by atoms with van der Waals surface area (Å²) in [5.41, 5.74) is 0. The molecule has 18 heavy (non-hydrogen) atoms. The van der Waals surface area contributed by atoms with Crippen molar-refractivity contribution in [2.24, 2.45) is 11.8 Å². The Morgan fingerprint density at radius 1 is 1.22 bits per heavy atom. The van der Waals surface area contributed by atoms with Crippen molar-refractivity contribution in [3.63, 3.8) is 0 Å². The Hall–Kier alpha value is -1.10.